The van der Waals surface area contributed by atoms with Gasteiger partial charge < -0.3 is 33.8 Å². The molecule has 0 spiro atoms. The summed E-state index contributed by atoms with van der Waals surface area (Å²) < 4.78 is 68.2. The van der Waals surface area contributed by atoms with Gasteiger partial charge in [-0.2, -0.15) is 0 Å². The van der Waals surface area contributed by atoms with Gasteiger partial charge in [0.1, 0.15) is 19.3 Å². The summed E-state index contributed by atoms with van der Waals surface area (Å²) >= 11 is 0. The average molecular weight is 1310 g/mol. The highest BCUT2D eigenvalue weighted by atomic mass is 31.2. The minimum atomic E-state index is -4.95. The second-order valence-corrected chi connectivity index (χ2v) is 30.1. The van der Waals surface area contributed by atoms with E-state index in [1.54, 1.807) is 0 Å². The number of rotatable bonds is 67. The van der Waals surface area contributed by atoms with E-state index in [9.17, 15) is 43.2 Å². The lowest BCUT2D eigenvalue weighted by molar-refractivity contribution is -0.161. The third-order valence-corrected chi connectivity index (χ3v) is 18.0. The van der Waals surface area contributed by atoms with Gasteiger partial charge >= 0.3 is 39.5 Å². The molecule has 0 radical (unpaired) electrons. The van der Waals surface area contributed by atoms with E-state index in [0.29, 0.717) is 37.5 Å². The number of hydrogen-bond donors (Lipinski definition) is 3. The molecule has 528 valence electrons. The van der Waals surface area contributed by atoms with Crippen LogP contribution < -0.4 is 0 Å². The minimum absolute atomic E-state index is 0.102. The monoisotopic (exact) mass is 1310 g/mol. The second-order valence-electron chi connectivity index (χ2n) is 27.2. The molecular formula is C70H136O17P2. The fraction of sp³-hybridized carbons (Fsp3) is 0.943. The van der Waals surface area contributed by atoms with E-state index < -0.39 is 97.5 Å². The van der Waals surface area contributed by atoms with E-state index in [2.05, 4.69) is 55.4 Å². The van der Waals surface area contributed by atoms with Crippen molar-refractivity contribution in [3.63, 3.8) is 0 Å². The average Bonchev–Trinajstić information content (AvgIpc) is 3.56. The van der Waals surface area contributed by atoms with Gasteiger partial charge in [-0.1, -0.05) is 293 Å². The third kappa shape index (κ3) is 64.6. The van der Waals surface area contributed by atoms with Crippen LogP contribution in [-0.2, 0) is 65.4 Å². The first kappa shape index (κ1) is 87.1. The van der Waals surface area contributed by atoms with E-state index in [4.69, 9.17) is 37.0 Å². The predicted molar refractivity (Wildman–Crippen MR) is 358 cm³/mol. The number of aliphatic hydroxyl groups is 1. The fourth-order valence-electron chi connectivity index (χ4n) is 10.5. The zero-order chi connectivity index (χ0) is 66.1. The predicted octanol–water partition coefficient (Wildman–Crippen LogP) is 19.7. The van der Waals surface area contributed by atoms with Crippen molar-refractivity contribution in [2.45, 2.75) is 363 Å². The maximum absolute atomic E-state index is 13.0. The molecule has 89 heavy (non-hydrogen) atoms. The SMILES string of the molecule is CC(C)CCCCCCCCCCCCCCCCC(=O)OC[C@H](COP(=O)(O)OC[C@@H](O)COP(=O)(O)OC[C@@H](COC(=O)CCCCCCCCC(C)C)OC(=O)CCCCCCCCCC(C)C)OC(=O)CCCCCCCCCCCCC(C)C. The summed E-state index contributed by atoms with van der Waals surface area (Å²) in [5.41, 5.74) is 0. The molecule has 0 saturated carbocycles. The first-order valence-corrected chi connectivity index (χ1v) is 39.2. The molecular weight excluding hydrogens is 1170 g/mol. The van der Waals surface area contributed by atoms with Crippen LogP contribution in [0.25, 0.3) is 0 Å². The van der Waals surface area contributed by atoms with Crippen LogP contribution in [0.1, 0.15) is 344 Å². The quantitative estimate of drug-likeness (QED) is 0.0222. The molecule has 0 saturated heterocycles. The molecule has 0 aromatic heterocycles. The number of phosphoric acid groups is 2. The summed E-state index contributed by atoms with van der Waals surface area (Å²) in [7, 11) is -9.90. The normalized spacial score (nSPS) is 14.3. The zero-order valence-electron chi connectivity index (χ0n) is 58.1. The van der Waals surface area contributed by atoms with Gasteiger partial charge in [0.25, 0.3) is 0 Å². The number of carbonyl (C=O) groups is 4. The van der Waals surface area contributed by atoms with Crippen LogP contribution in [0.2, 0.25) is 0 Å². The third-order valence-electron chi connectivity index (χ3n) is 16.1. The van der Waals surface area contributed by atoms with E-state index in [0.717, 1.165) is 108 Å². The van der Waals surface area contributed by atoms with Gasteiger partial charge in [0, 0.05) is 25.7 Å². The molecule has 2 unspecified atom stereocenters. The number of esters is 4. The Labute approximate surface area is 543 Å². The molecule has 19 heteroatoms. The molecule has 0 amide bonds. The molecule has 0 heterocycles. The number of phosphoric ester groups is 2. The standard InChI is InChI=1S/C70H136O17P2/c1-60(2)46-38-30-22-17-13-11-9-10-12-14-19-25-34-42-50-67(72)80-56-65(86-69(74)52-44-36-26-20-16-15-18-23-31-39-47-61(3)4)58-84-88(76,77)82-54-64(71)55-83-89(78,79)85-59-66(57-81-68(73)51-43-35-29-28-33-41-49-63(7)8)87-70(75)53-45-37-27-21-24-32-40-48-62(5)6/h60-66,71H,9-59H2,1-8H3,(H,76,77)(H,78,79)/t64-,65-,66-/m1/s1. The molecule has 0 aliphatic heterocycles. The molecule has 0 aliphatic rings. The van der Waals surface area contributed by atoms with Gasteiger partial charge in [-0.05, 0) is 49.4 Å². The summed E-state index contributed by atoms with van der Waals surface area (Å²) in [6, 6.07) is 0. The van der Waals surface area contributed by atoms with Gasteiger partial charge in [-0.3, -0.25) is 37.3 Å². The van der Waals surface area contributed by atoms with Gasteiger partial charge in [0.05, 0.1) is 26.4 Å². The molecule has 0 aromatic rings. The van der Waals surface area contributed by atoms with E-state index in [1.165, 1.54) is 141 Å². The smallest absolute Gasteiger partial charge is 0.462 e. The number of ether oxygens (including phenoxy) is 4. The summed E-state index contributed by atoms with van der Waals surface area (Å²) in [4.78, 5) is 72.5. The van der Waals surface area contributed by atoms with E-state index >= 15 is 0 Å². The molecule has 0 fully saturated rings. The molecule has 5 atom stereocenters. The van der Waals surface area contributed by atoms with Crippen molar-refractivity contribution >= 4 is 39.5 Å². The van der Waals surface area contributed by atoms with Crippen LogP contribution in [0, 0.1) is 23.7 Å². The molecule has 0 aromatic carbocycles. The first-order chi connectivity index (χ1) is 42.6. The lowest BCUT2D eigenvalue weighted by atomic mass is 10.0. The van der Waals surface area contributed by atoms with E-state index in [-0.39, 0.29) is 25.7 Å². The molecule has 3 N–H and O–H groups in total. The Morgan fingerprint density at radius 1 is 0.281 bits per heavy atom. The van der Waals surface area contributed by atoms with Crippen LogP contribution in [0.3, 0.4) is 0 Å². The molecule has 0 bridgehead atoms. The maximum atomic E-state index is 13.0. The van der Waals surface area contributed by atoms with Gasteiger partial charge in [-0.15, -0.1) is 0 Å². The van der Waals surface area contributed by atoms with Crippen molar-refractivity contribution in [2.75, 3.05) is 39.6 Å². The van der Waals surface area contributed by atoms with Crippen molar-refractivity contribution < 1.29 is 80.2 Å². The number of hydrogen-bond acceptors (Lipinski definition) is 15. The van der Waals surface area contributed by atoms with E-state index in [1.807, 2.05) is 0 Å². The summed E-state index contributed by atoms with van der Waals surface area (Å²) in [5, 5.41) is 10.6. The Hall–Kier alpha value is -1.94. The Kier molecular flexibility index (Phi) is 58.5. The lowest BCUT2D eigenvalue weighted by Gasteiger charge is -2.21. The van der Waals surface area contributed by atoms with Gasteiger partial charge in [-0.25, -0.2) is 9.13 Å². The second kappa shape index (κ2) is 59.8. The lowest BCUT2D eigenvalue weighted by Crippen LogP contribution is -2.30. The van der Waals surface area contributed by atoms with Crippen LogP contribution in [0.4, 0.5) is 0 Å². The summed E-state index contributed by atoms with van der Waals surface area (Å²) in [6.07, 6.45) is 42.0. The topological polar surface area (TPSA) is 237 Å². The van der Waals surface area contributed by atoms with Gasteiger partial charge in [0.2, 0.25) is 0 Å². The Morgan fingerprint density at radius 3 is 0.697 bits per heavy atom. The number of aliphatic hydroxyl groups excluding tert-OH is 1. The van der Waals surface area contributed by atoms with Crippen molar-refractivity contribution in [3.8, 4) is 0 Å². The van der Waals surface area contributed by atoms with Crippen LogP contribution in [-0.4, -0.2) is 96.7 Å². The highest BCUT2D eigenvalue weighted by Crippen LogP contribution is 2.45. The van der Waals surface area contributed by atoms with Crippen molar-refractivity contribution in [2.24, 2.45) is 23.7 Å². The van der Waals surface area contributed by atoms with Gasteiger partial charge in [0.15, 0.2) is 12.2 Å². The highest BCUT2D eigenvalue weighted by Gasteiger charge is 2.30. The van der Waals surface area contributed by atoms with Crippen molar-refractivity contribution in [1.82, 2.24) is 0 Å². The van der Waals surface area contributed by atoms with Crippen LogP contribution in [0.15, 0.2) is 0 Å². The minimum Gasteiger partial charge on any atom is -0.462 e. The number of unbranched alkanes of at least 4 members (excludes halogenated alkanes) is 33. The van der Waals surface area contributed by atoms with Crippen molar-refractivity contribution in [3.05, 3.63) is 0 Å². The number of carbonyl (C=O) groups excluding carboxylic acids is 4. The fourth-order valence-corrected chi connectivity index (χ4v) is 12.1. The summed E-state index contributed by atoms with van der Waals surface area (Å²) in [5.74, 6) is 0.793. The van der Waals surface area contributed by atoms with Crippen LogP contribution in [0.5, 0.6) is 0 Å². The molecule has 0 rings (SSSR count). The molecule has 17 nitrogen and oxygen atoms in total. The van der Waals surface area contributed by atoms with Crippen LogP contribution >= 0.6 is 15.6 Å². The Bertz CT molecular complexity index is 1760. The molecule has 0 aliphatic carbocycles. The maximum Gasteiger partial charge on any atom is 0.472 e. The highest BCUT2D eigenvalue weighted by molar-refractivity contribution is 7.47. The Balaban J connectivity index is 5.22. The largest absolute Gasteiger partial charge is 0.472 e. The van der Waals surface area contributed by atoms with Crippen molar-refractivity contribution in [1.29, 1.82) is 0 Å². The zero-order valence-corrected chi connectivity index (χ0v) is 59.8. The summed E-state index contributed by atoms with van der Waals surface area (Å²) in [6.45, 7) is 14.0. The first-order valence-electron chi connectivity index (χ1n) is 36.2. The Morgan fingerprint density at radius 2 is 0.472 bits per heavy atom.